The summed E-state index contributed by atoms with van der Waals surface area (Å²) in [4.78, 5) is 12.8. The molecule has 2 heterocycles. The number of anilines is 1. The molecule has 0 bridgehead atoms. The number of nitrogens with zero attached hydrogens (tertiary/aromatic N) is 5. The molecule has 3 rings (SSSR count). The normalized spacial score (nSPS) is 13.3. The highest BCUT2D eigenvalue weighted by atomic mass is 32.2. The maximum atomic E-state index is 12.8. The molecule has 2 atom stereocenters. The summed E-state index contributed by atoms with van der Waals surface area (Å²) in [6.07, 6.45) is 2.65. The van der Waals surface area contributed by atoms with E-state index in [1.165, 1.54) is 11.8 Å². The number of rotatable bonds is 8. The standard InChI is InChI=1S/C21H28N6OS/c1-6-15(4)27-18(12-13-22-27)23-20(28)16(5)29-21-25-24-19(26(21)7-2)17-11-9-8-10-14(17)3/h8-13,15-16H,6-7H2,1-5H3,(H,23,28)/t15-,16-/m0/s1. The lowest BCUT2D eigenvalue weighted by molar-refractivity contribution is -0.115. The number of amides is 1. The number of aromatic nitrogens is 5. The van der Waals surface area contributed by atoms with E-state index in [-0.39, 0.29) is 17.2 Å². The highest BCUT2D eigenvalue weighted by molar-refractivity contribution is 8.00. The van der Waals surface area contributed by atoms with Gasteiger partial charge in [0.2, 0.25) is 5.91 Å². The van der Waals surface area contributed by atoms with E-state index < -0.39 is 0 Å². The van der Waals surface area contributed by atoms with Crippen LogP contribution in [0.25, 0.3) is 11.4 Å². The Morgan fingerprint density at radius 2 is 1.93 bits per heavy atom. The van der Waals surface area contributed by atoms with Gasteiger partial charge in [-0.3, -0.25) is 4.79 Å². The number of aryl methyl sites for hydroxylation is 1. The smallest absolute Gasteiger partial charge is 0.238 e. The largest absolute Gasteiger partial charge is 0.310 e. The van der Waals surface area contributed by atoms with Crippen LogP contribution in [0.3, 0.4) is 0 Å². The first kappa shape index (κ1) is 21.1. The second-order valence-electron chi connectivity index (χ2n) is 7.03. The minimum Gasteiger partial charge on any atom is -0.310 e. The topological polar surface area (TPSA) is 77.6 Å². The zero-order valence-electron chi connectivity index (χ0n) is 17.6. The summed E-state index contributed by atoms with van der Waals surface area (Å²) in [6, 6.07) is 10.2. The van der Waals surface area contributed by atoms with Crippen molar-refractivity contribution in [1.82, 2.24) is 24.5 Å². The highest BCUT2D eigenvalue weighted by Crippen LogP contribution is 2.29. The molecule has 0 radical (unpaired) electrons. The molecule has 0 spiro atoms. The monoisotopic (exact) mass is 412 g/mol. The van der Waals surface area contributed by atoms with Crippen molar-refractivity contribution in [2.75, 3.05) is 5.32 Å². The van der Waals surface area contributed by atoms with Crippen LogP contribution in [0.4, 0.5) is 5.82 Å². The summed E-state index contributed by atoms with van der Waals surface area (Å²) in [7, 11) is 0. The van der Waals surface area contributed by atoms with E-state index in [0.29, 0.717) is 5.82 Å². The van der Waals surface area contributed by atoms with Crippen LogP contribution in [0.15, 0.2) is 41.7 Å². The van der Waals surface area contributed by atoms with E-state index in [1.807, 2.05) is 35.9 Å². The van der Waals surface area contributed by atoms with Crippen molar-refractivity contribution >= 4 is 23.5 Å². The second kappa shape index (κ2) is 9.26. The fourth-order valence-electron chi connectivity index (χ4n) is 3.06. The quantitative estimate of drug-likeness (QED) is 0.549. The third-order valence-corrected chi connectivity index (χ3v) is 6.08. The van der Waals surface area contributed by atoms with Crippen LogP contribution in [-0.4, -0.2) is 35.7 Å². The molecule has 3 aromatic rings. The molecule has 0 aliphatic heterocycles. The summed E-state index contributed by atoms with van der Waals surface area (Å²) in [5, 5.41) is 16.5. The number of hydrogen-bond acceptors (Lipinski definition) is 5. The first-order valence-electron chi connectivity index (χ1n) is 9.96. The second-order valence-corrected chi connectivity index (χ2v) is 8.34. The Bertz CT molecular complexity index is 979. The van der Waals surface area contributed by atoms with Gasteiger partial charge >= 0.3 is 0 Å². The van der Waals surface area contributed by atoms with Gasteiger partial charge in [0.15, 0.2) is 11.0 Å². The fraction of sp³-hybridized carbons (Fsp3) is 0.429. The van der Waals surface area contributed by atoms with Crippen LogP contribution in [0.5, 0.6) is 0 Å². The van der Waals surface area contributed by atoms with Gasteiger partial charge in [-0.05, 0) is 39.7 Å². The molecule has 2 aromatic heterocycles. The first-order valence-corrected chi connectivity index (χ1v) is 10.8. The van der Waals surface area contributed by atoms with Gasteiger partial charge in [-0.1, -0.05) is 43.0 Å². The van der Waals surface area contributed by atoms with Gasteiger partial charge in [0.1, 0.15) is 5.82 Å². The lowest BCUT2D eigenvalue weighted by Gasteiger charge is -2.16. The number of carbonyl (C=O) groups is 1. The number of hydrogen-bond donors (Lipinski definition) is 1. The zero-order chi connectivity index (χ0) is 21.0. The van der Waals surface area contributed by atoms with Gasteiger partial charge in [-0.15, -0.1) is 10.2 Å². The summed E-state index contributed by atoms with van der Waals surface area (Å²) in [5.74, 6) is 1.47. The van der Waals surface area contributed by atoms with Crippen LogP contribution in [0, 0.1) is 6.92 Å². The van der Waals surface area contributed by atoms with Gasteiger partial charge in [0.25, 0.3) is 0 Å². The minimum absolute atomic E-state index is 0.0804. The summed E-state index contributed by atoms with van der Waals surface area (Å²) in [5.41, 5.74) is 2.21. The average Bonchev–Trinajstić information content (AvgIpc) is 3.34. The van der Waals surface area contributed by atoms with Crippen LogP contribution in [0.2, 0.25) is 0 Å². The molecule has 29 heavy (non-hydrogen) atoms. The Morgan fingerprint density at radius 3 is 2.62 bits per heavy atom. The van der Waals surface area contributed by atoms with Crippen LogP contribution >= 0.6 is 11.8 Å². The van der Waals surface area contributed by atoms with E-state index >= 15 is 0 Å². The van der Waals surface area contributed by atoms with E-state index in [0.717, 1.165) is 35.1 Å². The van der Waals surface area contributed by atoms with Gasteiger partial charge in [-0.25, -0.2) is 4.68 Å². The van der Waals surface area contributed by atoms with Crippen molar-refractivity contribution in [2.45, 2.75) is 64.0 Å². The van der Waals surface area contributed by atoms with Gasteiger partial charge in [-0.2, -0.15) is 5.10 Å². The van der Waals surface area contributed by atoms with Gasteiger partial charge in [0, 0.05) is 18.2 Å². The van der Waals surface area contributed by atoms with E-state index in [9.17, 15) is 4.79 Å². The lowest BCUT2D eigenvalue weighted by atomic mass is 10.1. The minimum atomic E-state index is -0.325. The Labute approximate surface area is 175 Å². The van der Waals surface area contributed by atoms with Gasteiger partial charge < -0.3 is 9.88 Å². The molecule has 1 aromatic carbocycles. The molecule has 0 unspecified atom stereocenters. The molecule has 154 valence electrons. The van der Waals surface area contributed by atoms with Crippen molar-refractivity contribution in [3.05, 3.63) is 42.1 Å². The van der Waals surface area contributed by atoms with Gasteiger partial charge in [0.05, 0.1) is 17.5 Å². The predicted octanol–water partition coefficient (Wildman–Crippen LogP) is 4.56. The van der Waals surface area contributed by atoms with Crippen molar-refractivity contribution in [1.29, 1.82) is 0 Å². The van der Waals surface area contributed by atoms with E-state index in [1.54, 1.807) is 6.20 Å². The SMILES string of the molecule is CC[C@H](C)n1nccc1NC(=O)[C@H](C)Sc1nnc(-c2ccccc2C)n1CC. The fourth-order valence-corrected chi connectivity index (χ4v) is 3.97. The molecular weight excluding hydrogens is 384 g/mol. The van der Waals surface area contributed by atoms with Crippen LogP contribution in [0.1, 0.15) is 45.7 Å². The number of thioether (sulfide) groups is 1. The third-order valence-electron chi connectivity index (χ3n) is 5.00. The molecular formula is C21H28N6OS. The van der Waals surface area contributed by atoms with Crippen molar-refractivity contribution in [3.63, 3.8) is 0 Å². The van der Waals surface area contributed by atoms with Crippen LogP contribution in [-0.2, 0) is 11.3 Å². The zero-order valence-corrected chi connectivity index (χ0v) is 18.4. The van der Waals surface area contributed by atoms with Crippen molar-refractivity contribution < 1.29 is 4.79 Å². The summed E-state index contributed by atoms with van der Waals surface area (Å²) < 4.78 is 3.90. The maximum absolute atomic E-state index is 12.8. The van der Waals surface area contributed by atoms with Crippen LogP contribution < -0.4 is 5.32 Å². The lowest BCUT2D eigenvalue weighted by Crippen LogP contribution is -2.25. The molecule has 1 N–H and O–H groups in total. The number of carbonyl (C=O) groups excluding carboxylic acids is 1. The van der Waals surface area contributed by atoms with Crippen molar-refractivity contribution in [3.8, 4) is 11.4 Å². The Kier molecular flexibility index (Phi) is 6.74. The molecule has 1 amide bonds. The molecule has 0 saturated carbocycles. The highest BCUT2D eigenvalue weighted by Gasteiger charge is 2.22. The molecule has 0 aliphatic carbocycles. The average molecular weight is 413 g/mol. The summed E-state index contributed by atoms with van der Waals surface area (Å²) in [6.45, 7) is 10.9. The summed E-state index contributed by atoms with van der Waals surface area (Å²) >= 11 is 1.41. The molecule has 0 fully saturated rings. The molecule has 7 nitrogen and oxygen atoms in total. The van der Waals surface area contributed by atoms with E-state index in [2.05, 4.69) is 58.9 Å². The number of nitrogens with one attached hydrogen (secondary N) is 1. The third kappa shape index (κ3) is 4.53. The predicted molar refractivity (Wildman–Crippen MR) is 117 cm³/mol. The first-order chi connectivity index (χ1) is 14.0. The maximum Gasteiger partial charge on any atom is 0.238 e. The number of benzene rings is 1. The molecule has 8 heteroatoms. The Balaban J connectivity index is 1.76. The van der Waals surface area contributed by atoms with Crippen molar-refractivity contribution in [2.24, 2.45) is 0 Å². The molecule has 0 saturated heterocycles. The Morgan fingerprint density at radius 1 is 1.17 bits per heavy atom. The molecule has 0 aliphatic rings. The Hall–Kier alpha value is -2.61. The van der Waals surface area contributed by atoms with E-state index in [4.69, 9.17) is 0 Å².